The van der Waals surface area contributed by atoms with E-state index in [1.54, 1.807) is 18.3 Å². The van der Waals surface area contributed by atoms with Gasteiger partial charge in [-0.1, -0.05) is 36.4 Å². The highest BCUT2D eigenvalue weighted by atomic mass is 32.1. The van der Waals surface area contributed by atoms with Gasteiger partial charge in [0, 0.05) is 29.2 Å². The molecule has 154 valence electrons. The smallest absolute Gasteiger partial charge is 0.263 e. The Kier molecular flexibility index (Phi) is 6.14. The van der Waals surface area contributed by atoms with Crippen LogP contribution in [-0.2, 0) is 29.0 Å². The van der Waals surface area contributed by atoms with Gasteiger partial charge in [0.1, 0.15) is 5.75 Å². The monoisotopic (exact) mass is 420 g/mol. The van der Waals surface area contributed by atoms with E-state index in [0.29, 0.717) is 30.9 Å². The third kappa shape index (κ3) is 4.89. The summed E-state index contributed by atoms with van der Waals surface area (Å²) >= 11 is 1.57. The van der Waals surface area contributed by atoms with E-state index in [9.17, 15) is 9.59 Å². The minimum absolute atomic E-state index is 0.0228. The largest absolute Gasteiger partial charge is 0.481 e. The van der Waals surface area contributed by atoms with E-state index in [1.807, 2.05) is 58.8 Å². The summed E-state index contributed by atoms with van der Waals surface area (Å²) in [5.74, 6) is 0.608. The molecule has 2 amide bonds. The highest BCUT2D eigenvalue weighted by Gasteiger charge is 2.27. The maximum Gasteiger partial charge on any atom is 0.263 e. The number of thiophene rings is 1. The summed E-state index contributed by atoms with van der Waals surface area (Å²) in [6.07, 6.45) is 0.594. The van der Waals surface area contributed by atoms with Gasteiger partial charge < -0.3 is 15.0 Å². The van der Waals surface area contributed by atoms with Gasteiger partial charge in [0.2, 0.25) is 5.91 Å². The van der Waals surface area contributed by atoms with Crippen molar-refractivity contribution in [1.82, 2.24) is 4.90 Å². The number of anilines is 1. The van der Waals surface area contributed by atoms with Crippen LogP contribution in [0.1, 0.15) is 22.9 Å². The van der Waals surface area contributed by atoms with E-state index in [1.165, 1.54) is 5.56 Å². The van der Waals surface area contributed by atoms with Crippen LogP contribution in [0.15, 0.2) is 66.0 Å². The summed E-state index contributed by atoms with van der Waals surface area (Å²) in [5, 5.41) is 4.92. The third-order valence-electron chi connectivity index (χ3n) is 5.10. The van der Waals surface area contributed by atoms with Gasteiger partial charge in [0.15, 0.2) is 6.10 Å². The molecular formula is C24H24N2O3S. The summed E-state index contributed by atoms with van der Waals surface area (Å²) < 4.78 is 5.89. The molecule has 30 heavy (non-hydrogen) atoms. The highest BCUT2D eigenvalue weighted by molar-refractivity contribution is 7.10. The Morgan fingerprint density at radius 3 is 2.77 bits per heavy atom. The van der Waals surface area contributed by atoms with E-state index >= 15 is 0 Å². The molecule has 1 aliphatic heterocycles. The van der Waals surface area contributed by atoms with E-state index in [4.69, 9.17) is 4.74 Å². The summed E-state index contributed by atoms with van der Waals surface area (Å²) in [7, 11) is 0. The van der Waals surface area contributed by atoms with Gasteiger partial charge in [-0.2, -0.15) is 0 Å². The number of ether oxygens (including phenoxy) is 1. The number of benzene rings is 2. The predicted molar refractivity (Wildman–Crippen MR) is 119 cm³/mol. The Bertz CT molecular complexity index is 1020. The lowest BCUT2D eigenvalue weighted by Crippen LogP contribution is -2.39. The zero-order valence-corrected chi connectivity index (χ0v) is 17.7. The van der Waals surface area contributed by atoms with Crippen LogP contribution >= 0.6 is 11.3 Å². The zero-order valence-electron chi connectivity index (χ0n) is 16.8. The predicted octanol–water partition coefficient (Wildman–Crippen LogP) is 4.28. The fourth-order valence-electron chi connectivity index (χ4n) is 3.55. The van der Waals surface area contributed by atoms with Crippen LogP contribution in [0.25, 0.3) is 0 Å². The van der Waals surface area contributed by atoms with Gasteiger partial charge in [-0.25, -0.2) is 0 Å². The third-order valence-corrected chi connectivity index (χ3v) is 5.97. The van der Waals surface area contributed by atoms with Crippen molar-refractivity contribution in [3.05, 3.63) is 82.0 Å². The molecule has 0 saturated heterocycles. The first-order valence-corrected chi connectivity index (χ1v) is 10.9. The molecule has 0 radical (unpaired) electrons. The first-order valence-electron chi connectivity index (χ1n) is 10.0. The zero-order chi connectivity index (χ0) is 20.9. The van der Waals surface area contributed by atoms with Crippen molar-refractivity contribution in [2.75, 3.05) is 11.9 Å². The summed E-state index contributed by atoms with van der Waals surface area (Å²) in [4.78, 5) is 28.0. The van der Waals surface area contributed by atoms with E-state index in [0.717, 1.165) is 16.9 Å². The Labute approximate surface area is 180 Å². The average molecular weight is 421 g/mol. The molecular weight excluding hydrogens is 396 g/mol. The summed E-state index contributed by atoms with van der Waals surface area (Å²) in [5.41, 5.74) is 2.80. The molecule has 0 saturated carbocycles. The molecule has 1 unspecified atom stereocenters. The molecule has 5 nitrogen and oxygen atoms in total. The Hall–Kier alpha value is -3.12. The number of hydrogen-bond donors (Lipinski definition) is 1. The molecule has 0 fully saturated rings. The van der Waals surface area contributed by atoms with Crippen LogP contribution in [-0.4, -0.2) is 29.4 Å². The number of nitrogens with one attached hydrogen (secondary N) is 1. The normalized spacial score (nSPS) is 15.8. The number of fused-ring (bicyclic) bond motifs is 1. The van der Waals surface area contributed by atoms with Crippen molar-refractivity contribution in [3.63, 3.8) is 0 Å². The number of hydrogen-bond acceptors (Lipinski definition) is 4. The number of rotatable bonds is 6. The van der Waals surface area contributed by atoms with Gasteiger partial charge in [-0.05, 0) is 48.6 Å². The van der Waals surface area contributed by atoms with E-state index in [-0.39, 0.29) is 11.8 Å². The SMILES string of the molecule is CC1Oc2ccc(NC(=O)Cc3cccs3)cc2CN(CCc2ccccc2)C1=O. The van der Waals surface area contributed by atoms with Crippen molar-refractivity contribution in [2.24, 2.45) is 0 Å². The first kappa shape index (κ1) is 20.2. The molecule has 3 aromatic rings. The molecule has 1 N–H and O–H groups in total. The molecule has 0 bridgehead atoms. The Morgan fingerprint density at radius 1 is 1.17 bits per heavy atom. The quantitative estimate of drug-likeness (QED) is 0.648. The highest BCUT2D eigenvalue weighted by Crippen LogP contribution is 2.29. The van der Waals surface area contributed by atoms with Crippen LogP contribution in [0.3, 0.4) is 0 Å². The van der Waals surface area contributed by atoms with Crippen molar-refractivity contribution in [2.45, 2.75) is 32.4 Å². The van der Waals surface area contributed by atoms with Crippen LogP contribution in [0.5, 0.6) is 5.75 Å². The van der Waals surface area contributed by atoms with Gasteiger partial charge in [0.25, 0.3) is 5.91 Å². The molecule has 4 rings (SSSR count). The molecule has 0 spiro atoms. The van der Waals surface area contributed by atoms with Crippen LogP contribution in [0.2, 0.25) is 0 Å². The minimum Gasteiger partial charge on any atom is -0.481 e. The summed E-state index contributed by atoms with van der Waals surface area (Å²) in [6.45, 7) is 2.86. The van der Waals surface area contributed by atoms with Crippen molar-refractivity contribution in [1.29, 1.82) is 0 Å². The molecule has 6 heteroatoms. The molecule has 1 aliphatic rings. The molecule has 1 aromatic heterocycles. The maximum absolute atomic E-state index is 12.8. The second-order valence-electron chi connectivity index (χ2n) is 7.38. The number of amides is 2. The van der Waals surface area contributed by atoms with Crippen LogP contribution < -0.4 is 10.1 Å². The van der Waals surface area contributed by atoms with Gasteiger partial charge in [-0.3, -0.25) is 9.59 Å². The Balaban J connectivity index is 1.47. The van der Waals surface area contributed by atoms with Crippen molar-refractivity contribution >= 4 is 28.8 Å². The standard InChI is InChI=1S/C24H24N2O3S/c1-17-24(28)26(12-11-18-6-3-2-4-7-18)16-19-14-20(9-10-22(19)29-17)25-23(27)15-21-8-5-13-30-21/h2-10,13-14,17H,11-12,15-16H2,1H3,(H,25,27). The topological polar surface area (TPSA) is 58.6 Å². The molecule has 2 aromatic carbocycles. The minimum atomic E-state index is -0.540. The Morgan fingerprint density at radius 2 is 2.00 bits per heavy atom. The fourth-order valence-corrected chi connectivity index (χ4v) is 4.26. The number of nitrogens with zero attached hydrogens (tertiary/aromatic N) is 1. The second kappa shape index (κ2) is 9.13. The maximum atomic E-state index is 12.8. The second-order valence-corrected chi connectivity index (χ2v) is 8.41. The van der Waals surface area contributed by atoms with E-state index < -0.39 is 6.10 Å². The van der Waals surface area contributed by atoms with Gasteiger partial charge >= 0.3 is 0 Å². The van der Waals surface area contributed by atoms with Crippen LogP contribution in [0.4, 0.5) is 5.69 Å². The van der Waals surface area contributed by atoms with Gasteiger partial charge in [-0.15, -0.1) is 11.3 Å². The lowest BCUT2D eigenvalue weighted by Gasteiger charge is -2.22. The number of carbonyl (C=O) groups is 2. The fraction of sp³-hybridized carbons (Fsp3) is 0.250. The molecule has 0 aliphatic carbocycles. The summed E-state index contributed by atoms with van der Waals surface area (Å²) in [6, 6.07) is 19.6. The van der Waals surface area contributed by atoms with Crippen molar-refractivity contribution < 1.29 is 14.3 Å². The average Bonchev–Trinajstić information content (AvgIpc) is 3.21. The molecule has 2 heterocycles. The number of carbonyl (C=O) groups excluding carboxylic acids is 2. The van der Waals surface area contributed by atoms with Crippen LogP contribution in [0, 0.1) is 0 Å². The lowest BCUT2D eigenvalue weighted by atomic mass is 10.1. The van der Waals surface area contributed by atoms with Gasteiger partial charge in [0.05, 0.1) is 6.42 Å². The van der Waals surface area contributed by atoms with E-state index in [2.05, 4.69) is 17.4 Å². The van der Waals surface area contributed by atoms with Crippen molar-refractivity contribution in [3.8, 4) is 5.75 Å². The first-order chi connectivity index (χ1) is 14.6. The molecule has 1 atom stereocenters. The lowest BCUT2D eigenvalue weighted by molar-refractivity contribution is -0.137.